The Bertz CT molecular complexity index is 653. The number of methoxy groups -OCH3 is 1. The summed E-state index contributed by atoms with van der Waals surface area (Å²) in [5.41, 5.74) is 1.34. The predicted molar refractivity (Wildman–Crippen MR) is 74.1 cm³/mol. The molecule has 0 fully saturated rings. The first-order chi connectivity index (χ1) is 10.0. The predicted octanol–water partition coefficient (Wildman–Crippen LogP) is -0.355. The Hall–Kier alpha value is -2.32. The molecule has 1 atom stereocenters. The maximum absolute atomic E-state index is 11.4. The van der Waals surface area contributed by atoms with Crippen molar-refractivity contribution >= 4 is 30.0 Å². The van der Waals surface area contributed by atoms with Crippen molar-refractivity contribution in [3.05, 3.63) is 36.1 Å². The van der Waals surface area contributed by atoms with Gasteiger partial charge in [-0.25, -0.2) is 4.79 Å². The van der Waals surface area contributed by atoms with Gasteiger partial charge in [0.1, 0.15) is 5.58 Å². The Balaban J connectivity index is 2.16. The Morgan fingerprint density at radius 1 is 1.38 bits per heavy atom. The van der Waals surface area contributed by atoms with E-state index in [1.807, 2.05) is 18.2 Å². The number of carbonyl (C=O) groups excluding carboxylic acids is 2. The zero-order valence-electron chi connectivity index (χ0n) is 11.3. The van der Waals surface area contributed by atoms with Crippen LogP contribution < -0.4 is 5.32 Å². The molecule has 2 rings (SSSR count). The minimum absolute atomic E-state index is 0.0947. The second kappa shape index (κ2) is 6.42. The summed E-state index contributed by atoms with van der Waals surface area (Å²) in [6, 6.07) is 7.22. The van der Waals surface area contributed by atoms with E-state index in [4.69, 9.17) is 4.42 Å². The van der Waals surface area contributed by atoms with Gasteiger partial charge in [0.25, 0.3) is 0 Å². The van der Waals surface area contributed by atoms with E-state index in [0.717, 1.165) is 12.5 Å². The third-order valence-corrected chi connectivity index (χ3v) is 3.05. The molecule has 3 N–H and O–H groups in total. The lowest BCUT2D eigenvalue weighted by molar-refractivity contribution is -0.152. The molecule has 0 aliphatic rings. The lowest BCUT2D eigenvalue weighted by Crippen LogP contribution is -2.50. The number of fused-ring (bicyclic) bond motifs is 1. The lowest BCUT2D eigenvalue weighted by Gasteiger charge is -2.16. The average Bonchev–Trinajstić information content (AvgIpc) is 2.88. The van der Waals surface area contributed by atoms with Crippen molar-refractivity contribution in [3.8, 4) is 0 Å². The number of para-hydroxylation sites is 1. The van der Waals surface area contributed by atoms with Crippen LogP contribution in [0.1, 0.15) is 5.56 Å². The molecule has 0 saturated heterocycles. The SMILES string of the molecule is COC(=O)C(=O)N[C@@H](Cc1coc2ccccc12)B(O)O. The van der Waals surface area contributed by atoms with Gasteiger partial charge in [-0.15, -0.1) is 0 Å². The fourth-order valence-electron chi connectivity index (χ4n) is 1.98. The van der Waals surface area contributed by atoms with Crippen LogP contribution in [0.4, 0.5) is 0 Å². The molecule has 0 saturated carbocycles. The fraction of sp³-hybridized carbons (Fsp3) is 0.231. The van der Waals surface area contributed by atoms with E-state index in [-0.39, 0.29) is 6.42 Å². The molecular formula is C13H14BNO6. The van der Waals surface area contributed by atoms with Crippen molar-refractivity contribution in [2.45, 2.75) is 12.4 Å². The number of rotatable bonds is 4. The summed E-state index contributed by atoms with van der Waals surface area (Å²) in [4.78, 5) is 22.5. The normalized spacial score (nSPS) is 12.0. The molecule has 1 aromatic heterocycles. The van der Waals surface area contributed by atoms with E-state index in [1.54, 1.807) is 6.07 Å². The van der Waals surface area contributed by atoms with Gasteiger partial charge in [-0.1, -0.05) is 18.2 Å². The van der Waals surface area contributed by atoms with E-state index in [1.165, 1.54) is 6.26 Å². The van der Waals surface area contributed by atoms with Crippen LogP contribution in [-0.4, -0.2) is 42.1 Å². The van der Waals surface area contributed by atoms with Crippen LogP contribution in [0, 0.1) is 0 Å². The van der Waals surface area contributed by atoms with Crippen LogP contribution >= 0.6 is 0 Å². The smallest absolute Gasteiger partial charge is 0.464 e. The van der Waals surface area contributed by atoms with Crippen LogP contribution in [0.5, 0.6) is 0 Å². The molecule has 21 heavy (non-hydrogen) atoms. The maximum Gasteiger partial charge on any atom is 0.475 e. The van der Waals surface area contributed by atoms with Crippen molar-refractivity contribution in [3.63, 3.8) is 0 Å². The summed E-state index contributed by atoms with van der Waals surface area (Å²) < 4.78 is 9.60. The van der Waals surface area contributed by atoms with Gasteiger partial charge >= 0.3 is 19.0 Å². The first kappa shape index (κ1) is 15.1. The van der Waals surface area contributed by atoms with E-state index in [0.29, 0.717) is 11.1 Å². The van der Waals surface area contributed by atoms with Gasteiger partial charge in [0.2, 0.25) is 0 Å². The maximum atomic E-state index is 11.4. The number of hydrogen-bond donors (Lipinski definition) is 3. The number of furan rings is 1. The first-order valence-electron chi connectivity index (χ1n) is 6.23. The summed E-state index contributed by atoms with van der Waals surface area (Å²) in [7, 11) is -0.761. The van der Waals surface area contributed by atoms with Gasteiger partial charge in [0.15, 0.2) is 0 Å². The number of benzene rings is 1. The zero-order chi connectivity index (χ0) is 15.4. The standard InChI is InChI=1S/C13H14BNO6/c1-20-13(17)12(16)15-11(14(18)19)6-8-7-21-10-5-3-2-4-9(8)10/h2-5,7,11,18-19H,6H2,1H3,(H,15,16)/t11-/m0/s1. The summed E-state index contributed by atoms with van der Waals surface area (Å²) >= 11 is 0. The van der Waals surface area contributed by atoms with Gasteiger partial charge in [-0.05, 0) is 18.1 Å². The Morgan fingerprint density at radius 2 is 2.10 bits per heavy atom. The lowest BCUT2D eigenvalue weighted by atomic mass is 9.76. The number of carbonyl (C=O) groups is 2. The summed E-state index contributed by atoms with van der Waals surface area (Å²) in [6.07, 6.45) is 1.57. The topological polar surface area (TPSA) is 109 Å². The highest BCUT2D eigenvalue weighted by atomic mass is 16.5. The summed E-state index contributed by atoms with van der Waals surface area (Å²) in [5.74, 6) is -3.20. The van der Waals surface area contributed by atoms with Gasteiger partial charge in [0, 0.05) is 5.39 Å². The number of amides is 1. The molecule has 1 amide bonds. The first-order valence-corrected chi connectivity index (χ1v) is 6.23. The quantitative estimate of drug-likeness (QED) is 0.403. The third kappa shape index (κ3) is 3.42. The molecule has 0 aliphatic carbocycles. The molecule has 0 aliphatic heterocycles. The van der Waals surface area contributed by atoms with E-state index in [9.17, 15) is 19.6 Å². The second-order valence-electron chi connectivity index (χ2n) is 4.45. The molecule has 0 bridgehead atoms. The van der Waals surface area contributed by atoms with Crippen molar-refractivity contribution in [1.82, 2.24) is 5.32 Å². The number of esters is 1. The monoisotopic (exact) mass is 291 g/mol. The minimum Gasteiger partial charge on any atom is -0.464 e. The molecule has 2 aromatic rings. The largest absolute Gasteiger partial charge is 0.475 e. The van der Waals surface area contributed by atoms with Crippen molar-refractivity contribution in [2.75, 3.05) is 7.11 Å². The molecule has 1 aromatic carbocycles. The number of ether oxygens (including phenoxy) is 1. The highest BCUT2D eigenvalue weighted by Crippen LogP contribution is 2.22. The molecule has 110 valence electrons. The Labute approximate surface area is 120 Å². The van der Waals surface area contributed by atoms with Crippen LogP contribution in [0.15, 0.2) is 34.9 Å². The Morgan fingerprint density at radius 3 is 2.76 bits per heavy atom. The number of nitrogens with one attached hydrogen (secondary N) is 1. The molecule has 8 heteroatoms. The molecule has 0 radical (unpaired) electrons. The molecule has 0 spiro atoms. The molecular weight excluding hydrogens is 277 g/mol. The molecule has 1 heterocycles. The average molecular weight is 291 g/mol. The zero-order valence-corrected chi connectivity index (χ0v) is 11.3. The van der Waals surface area contributed by atoms with Crippen LogP contribution in [0.25, 0.3) is 11.0 Å². The Kier molecular flexibility index (Phi) is 4.61. The number of hydrogen-bond acceptors (Lipinski definition) is 6. The van der Waals surface area contributed by atoms with Crippen molar-refractivity contribution < 1.29 is 28.8 Å². The van der Waals surface area contributed by atoms with Gasteiger partial charge in [-0.2, -0.15) is 0 Å². The fourth-order valence-corrected chi connectivity index (χ4v) is 1.98. The van der Waals surface area contributed by atoms with Crippen LogP contribution in [0.2, 0.25) is 0 Å². The molecule has 7 nitrogen and oxygen atoms in total. The highest BCUT2D eigenvalue weighted by Gasteiger charge is 2.29. The van der Waals surface area contributed by atoms with Crippen molar-refractivity contribution in [1.29, 1.82) is 0 Å². The third-order valence-electron chi connectivity index (χ3n) is 3.05. The second-order valence-corrected chi connectivity index (χ2v) is 4.45. The minimum atomic E-state index is -1.83. The van der Waals surface area contributed by atoms with Gasteiger partial charge < -0.3 is 24.5 Å². The summed E-state index contributed by atoms with van der Waals surface area (Å²) in [6.45, 7) is 0. The van der Waals surface area contributed by atoms with E-state index >= 15 is 0 Å². The van der Waals surface area contributed by atoms with Crippen molar-refractivity contribution in [2.24, 2.45) is 0 Å². The van der Waals surface area contributed by atoms with Crippen LogP contribution in [-0.2, 0) is 20.7 Å². The van der Waals surface area contributed by atoms with Crippen LogP contribution in [0.3, 0.4) is 0 Å². The van der Waals surface area contributed by atoms with E-state index < -0.39 is 24.9 Å². The van der Waals surface area contributed by atoms with Gasteiger partial charge in [-0.3, -0.25) is 4.79 Å². The highest BCUT2D eigenvalue weighted by molar-refractivity contribution is 6.45. The molecule has 0 unspecified atom stereocenters. The van der Waals surface area contributed by atoms with Gasteiger partial charge in [0.05, 0.1) is 19.3 Å². The van der Waals surface area contributed by atoms with E-state index in [2.05, 4.69) is 10.1 Å². The summed E-state index contributed by atoms with van der Waals surface area (Å²) in [5, 5.41) is 21.7.